The Morgan fingerprint density at radius 1 is 1.17 bits per heavy atom. The summed E-state index contributed by atoms with van der Waals surface area (Å²) in [5, 5.41) is 3.43. The molecule has 0 aromatic heterocycles. The van der Waals surface area contributed by atoms with Crippen LogP contribution in [-0.2, 0) is 14.3 Å². The number of aldehydes is 1. The first-order valence-electron chi connectivity index (χ1n) is 11.6. The standard InChI is InChI=1S/C28H31ClN2O4/c1-18-5-10-22(11-6-18)30-28(34)26(15-20-7-8-20)31(3)17-27(35-4)24(13-14-32)25-16-21(29)9-12-23(25)19(2)33/h5-6,9-14,16-17,20,26H,7-8,15H2,1-4H3,(H,30,34)/b24-13-,27-17+. The fraction of sp³-hybridized carbons (Fsp3) is 0.321. The van der Waals surface area contributed by atoms with E-state index in [9.17, 15) is 14.4 Å². The maximum Gasteiger partial charge on any atom is 0.247 e. The van der Waals surface area contributed by atoms with Crippen molar-refractivity contribution in [1.82, 2.24) is 4.90 Å². The molecule has 1 aliphatic carbocycles. The lowest BCUT2D eigenvalue weighted by atomic mass is 9.95. The van der Waals surface area contributed by atoms with Gasteiger partial charge < -0.3 is 15.0 Å². The third kappa shape index (κ3) is 7.06. The minimum atomic E-state index is -0.446. The molecule has 0 spiro atoms. The van der Waals surface area contributed by atoms with Crippen LogP contribution in [0.3, 0.4) is 0 Å². The Kier molecular flexibility index (Phi) is 8.88. The first kappa shape index (κ1) is 26.2. The van der Waals surface area contributed by atoms with E-state index >= 15 is 0 Å². The molecule has 0 bridgehead atoms. The number of methoxy groups -OCH3 is 1. The van der Waals surface area contributed by atoms with Crippen LogP contribution in [0.2, 0.25) is 5.02 Å². The molecule has 0 heterocycles. The van der Waals surface area contributed by atoms with Crippen molar-refractivity contribution in [2.75, 3.05) is 19.5 Å². The maximum atomic E-state index is 13.3. The second kappa shape index (κ2) is 11.8. The lowest BCUT2D eigenvalue weighted by molar-refractivity contribution is -0.120. The minimum absolute atomic E-state index is 0.122. The number of aryl methyl sites for hydroxylation is 1. The van der Waals surface area contributed by atoms with Crippen molar-refractivity contribution in [2.24, 2.45) is 5.92 Å². The van der Waals surface area contributed by atoms with Crippen LogP contribution in [0.15, 0.2) is 60.5 Å². The molecular weight excluding hydrogens is 464 g/mol. The molecule has 1 fully saturated rings. The third-order valence-corrected chi connectivity index (χ3v) is 6.29. The summed E-state index contributed by atoms with van der Waals surface area (Å²) in [6.45, 7) is 3.45. The second-order valence-electron chi connectivity index (χ2n) is 8.88. The number of nitrogens with one attached hydrogen (secondary N) is 1. The number of hydrogen-bond donors (Lipinski definition) is 1. The zero-order valence-corrected chi connectivity index (χ0v) is 21.3. The molecule has 0 aliphatic heterocycles. The number of anilines is 1. The molecule has 1 aliphatic rings. The van der Waals surface area contributed by atoms with E-state index < -0.39 is 6.04 Å². The van der Waals surface area contributed by atoms with Gasteiger partial charge in [-0.15, -0.1) is 0 Å². The van der Waals surface area contributed by atoms with Crippen molar-refractivity contribution in [3.63, 3.8) is 0 Å². The summed E-state index contributed by atoms with van der Waals surface area (Å²) in [7, 11) is 3.29. The van der Waals surface area contributed by atoms with Crippen molar-refractivity contribution < 1.29 is 19.1 Å². The van der Waals surface area contributed by atoms with Gasteiger partial charge in [-0.2, -0.15) is 0 Å². The summed E-state index contributed by atoms with van der Waals surface area (Å²) >= 11 is 6.21. The maximum absolute atomic E-state index is 13.3. The van der Waals surface area contributed by atoms with E-state index in [4.69, 9.17) is 16.3 Å². The van der Waals surface area contributed by atoms with Crippen LogP contribution < -0.4 is 5.32 Å². The lowest BCUT2D eigenvalue weighted by Crippen LogP contribution is -2.40. The lowest BCUT2D eigenvalue weighted by Gasteiger charge is -2.27. The monoisotopic (exact) mass is 494 g/mol. The molecule has 7 heteroatoms. The van der Waals surface area contributed by atoms with Gasteiger partial charge in [-0.3, -0.25) is 14.4 Å². The van der Waals surface area contributed by atoms with E-state index in [-0.39, 0.29) is 11.7 Å². The molecule has 1 N–H and O–H groups in total. The van der Waals surface area contributed by atoms with E-state index in [1.165, 1.54) is 20.1 Å². The van der Waals surface area contributed by atoms with Crippen molar-refractivity contribution in [3.05, 3.63) is 82.2 Å². The number of benzene rings is 2. The van der Waals surface area contributed by atoms with Gasteiger partial charge in [0.2, 0.25) is 5.91 Å². The first-order chi connectivity index (χ1) is 16.7. The highest BCUT2D eigenvalue weighted by Gasteiger charge is 2.32. The van der Waals surface area contributed by atoms with Crippen molar-refractivity contribution in [2.45, 2.75) is 39.2 Å². The van der Waals surface area contributed by atoms with Gasteiger partial charge in [-0.05, 0) is 68.2 Å². The number of carbonyl (C=O) groups excluding carboxylic acids is 3. The van der Waals surface area contributed by atoms with Gasteiger partial charge in [0.15, 0.2) is 5.78 Å². The van der Waals surface area contributed by atoms with E-state index in [0.717, 1.165) is 24.1 Å². The fourth-order valence-electron chi connectivity index (χ4n) is 3.92. The largest absolute Gasteiger partial charge is 0.495 e. The number of Topliss-reactive ketones (excluding diaryl/α,β-unsaturated/α-hetero) is 1. The molecule has 1 unspecified atom stereocenters. The Morgan fingerprint density at radius 2 is 1.86 bits per heavy atom. The average Bonchev–Trinajstić information content (AvgIpc) is 3.65. The van der Waals surface area contributed by atoms with Crippen molar-refractivity contribution >= 4 is 40.8 Å². The summed E-state index contributed by atoms with van der Waals surface area (Å²) in [6.07, 6.45) is 6.57. The van der Waals surface area contributed by atoms with Crippen LogP contribution >= 0.6 is 11.6 Å². The van der Waals surface area contributed by atoms with Crippen LogP contribution in [0.25, 0.3) is 5.57 Å². The molecule has 3 rings (SSSR count). The molecule has 35 heavy (non-hydrogen) atoms. The first-order valence-corrected chi connectivity index (χ1v) is 11.9. The number of ether oxygens (including phenoxy) is 1. The van der Waals surface area contributed by atoms with Crippen LogP contribution in [-0.4, -0.2) is 43.1 Å². The molecule has 1 amide bonds. The molecule has 184 valence electrons. The molecule has 1 atom stereocenters. The minimum Gasteiger partial charge on any atom is -0.495 e. The zero-order chi connectivity index (χ0) is 25.5. The zero-order valence-electron chi connectivity index (χ0n) is 20.5. The number of halogens is 1. The smallest absolute Gasteiger partial charge is 0.247 e. The summed E-state index contributed by atoms with van der Waals surface area (Å²) < 4.78 is 5.65. The number of nitrogens with zero attached hydrogens (tertiary/aromatic N) is 1. The highest BCUT2D eigenvalue weighted by atomic mass is 35.5. The Labute approximate surface area is 211 Å². The van der Waals surface area contributed by atoms with Gasteiger partial charge in [-0.1, -0.05) is 42.1 Å². The van der Waals surface area contributed by atoms with Gasteiger partial charge in [0, 0.05) is 35.1 Å². The molecule has 2 aromatic rings. The normalized spacial score (nSPS) is 14.8. The number of amides is 1. The molecule has 2 aromatic carbocycles. The van der Waals surface area contributed by atoms with E-state index in [1.54, 1.807) is 29.3 Å². The van der Waals surface area contributed by atoms with E-state index in [1.807, 2.05) is 38.2 Å². The summed E-state index contributed by atoms with van der Waals surface area (Å²) in [4.78, 5) is 38.9. The number of hydrogen-bond acceptors (Lipinski definition) is 5. The highest BCUT2D eigenvalue weighted by molar-refractivity contribution is 6.31. The Bertz CT molecular complexity index is 1150. The molecule has 0 radical (unpaired) electrons. The topological polar surface area (TPSA) is 75.7 Å². The number of allylic oxidation sites excluding steroid dienone is 2. The van der Waals surface area contributed by atoms with Gasteiger partial charge in [0.05, 0.1) is 7.11 Å². The van der Waals surface area contributed by atoms with E-state index in [0.29, 0.717) is 46.1 Å². The highest BCUT2D eigenvalue weighted by Crippen LogP contribution is 2.36. The van der Waals surface area contributed by atoms with Crippen LogP contribution in [0, 0.1) is 12.8 Å². The van der Waals surface area contributed by atoms with Crippen molar-refractivity contribution in [1.29, 1.82) is 0 Å². The van der Waals surface area contributed by atoms with Crippen LogP contribution in [0.4, 0.5) is 5.69 Å². The summed E-state index contributed by atoms with van der Waals surface area (Å²) in [5.41, 5.74) is 3.16. The predicted octanol–water partition coefficient (Wildman–Crippen LogP) is 5.66. The Balaban J connectivity index is 1.95. The predicted molar refractivity (Wildman–Crippen MR) is 139 cm³/mol. The fourth-order valence-corrected chi connectivity index (χ4v) is 4.09. The van der Waals surface area contributed by atoms with Gasteiger partial charge in [-0.25, -0.2) is 0 Å². The van der Waals surface area contributed by atoms with E-state index in [2.05, 4.69) is 5.32 Å². The quantitative estimate of drug-likeness (QED) is 0.143. The van der Waals surface area contributed by atoms with Gasteiger partial charge in [0.1, 0.15) is 18.1 Å². The summed E-state index contributed by atoms with van der Waals surface area (Å²) in [6, 6.07) is 12.1. The molecule has 6 nitrogen and oxygen atoms in total. The molecular formula is C28H31ClN2O4. The van der Waals surface area contributed by atoms with Crippen molar-refractivity contribution in [3.8, 4) is 0 Å². The summed E-state index contributed by atoms with van der Waals surface area (Å²) in [5.74, 6) is 0.547. The number of likely N-dealkylation sites (N-methyl/N-ethyl adjacent to an activating group) is 1. The second-order valence-corrected chi connectivity index (χ2v) is 9.31. The molecule has 1 saturated carbocycles. The average molecular weight is 495 g/mol. The van der Waals surface area contributed by atoms with Gasteiger partial charge >= 0.3 is 0 Å². The van der Waals surface area contributed by atoms with Crippen LogP contribution in [0.1, 0.15) is 47.7 Å². The number of ketones is 1. The molecule has 0 saturated heterocycles. The number of carbonyl (C=O) groups is 3. The number of rotatable bonds is 11. The van der Waals surface area contributed by atoms with Crippen LogP contribution in [0.5, 0.6) is 0 Å². The third-order valence-electron chi connectivity index (χ3n) is 6.06. The Morgan fingerprint density at radius 3 is 2.43 bits per heavy atom. The Hall–Kier alpha value is -3.38. The SMILES string of the molecule is COC(=C/N(C)C(CC1CC1)C(=O)Nc1ccc(C)cc1)/C(=C\C=O)c1cc(Cl)ccc1C(C)=O. The van der Waals surface area contributed by atoms with Gasteiger partial charge in [0.25, 0.3) is 0 Å².